The monoisotopic (exact) mass is 455 g/mol. The van der Waals surface area contributed by atoms with Crippen molar-refractivity contribution in [3.63, 3.8) is 0 Å². The molecule has 1 rings (SSSR count). The quantitative estimate of drug-likeness (QED) is 0.169. The lowest BCUT2D eigenvalue weighted by atomic mass is 10.2. The van der Waals surface area contributed by atoms with Gasteiger partial charge < -0.3 is 19.9 Å². The van der Waals surface area contributed by atoms with Crippen LogP contribution in [0.3, 0.4) is 0 Å². The molecule has 0 aliphatic heterocycles. The van der Waals surface area contributed by atoms with E-state index in [9.17, 15) is 54.2 Å². The van der Waals surface area contributed by atoms with Crippen molar-refractivity contribution >= 4 is 17.6 Å². The molecule has 0 bridgehead atoms. The van der Waals surface area contributed by atoms with E-state index in [2.05, 4.69) is 9.47 Å². The summed E-state index contributed by atoms with van der Waals surface area (Å²) in [5.41, 5.74) is -2.23. The molecule has 0 saturated carbocycles. The van der Waals surface area contributed by atoms with Crippen LogP contribution in [0.5, 0.6) is 0 Å². The highest BCUT2D eigenvalue weighted by Gasteiger charge is 2.60. The summed E-state index contributed by atoms with van der Waals surface area (Å²) >= 11 is 0. The first-order valence-electron chi connectivity index (χ1n) is 7.36. The zero-order valence-electron chi connectivity index (χ0n) is 14.2. The molecule has 0 aliphatic rings. The molecule has 0 aliphatic carbocycles. The van der Waals surface area contributed by atoms with Crippen LogP contribution in [0.4, 0.5) is 45.2 Å². The summed E-state index contributed by atoms with van der Waals surface area (Å²) in [4.78, 5) is 23.8. The largest absolute Gasteiger partial charge is 0.480 e. The van der Waals surface area contributed by atoms with E-state index in [0.29, 0.717) is 0 Å². The highest BCUT2D eigenvalue weighted by atomic mass is 19.4. The van der Waals surface area contributed by atoms with Crippen LogP contribution >= 0.6 is 0 Å². The van der Waals surface area contributed by atoms with Gasteiger partial charge in [-0.2, -0.15) is 39.5 Å². The zero-order valence-corrected chi connectivity index (χ0v) is 14.2. The summed E-state index contributed by atoms with van der Waals surface area (Å²) in [6.45, 7) is -2.32. The van der Waals surface area contributed by atoms with Gasteiger partial charge in [-0.25, -0.2) is 4.79 Å². The lowest BCUT2D eigenvalue weighted by Crippen LogP contribution is -2.46. The van der Waals surface area contributed by atoms with Gasteiger partial charge in [0.1, 0.15) is 0 Å². The number of hydrogen-bond acceptors (Lipinski definition) is 5. The van der Waals surface area contributed by atoms with Crippen LogP contribution in [0.1, 0.15) is 0 Å². The van der Waals surface area contributed by atoms with Gasteiger partial charge >= 0.3 is 24.5 Å². The topological polar surface area (TPSA) is 84.9 Å². The van der Waals surface area contributed by atoms with Gasteiger partial charge in [-0.3, -0.25) is 4.79 Å². The number of aliphatic hydroxyl groups is 1. The molecule has 0 heterocycles. The minimum absolute atomic E-state index is 0.181. The van der Waals surface area contributed by atoms with Crippen molar-refractivity contribution < 1.29 is 63.7 Å². The molecule has 6 nitrogen and oxygen atoms in total. The first-order valence-corrected chi connectivity index (χ1v) is 7.36. The van der Waals surface area contributed by atoms with E-state index in [4.69, 9.17) is 0 Å². The van der Waals surface area contributed by atoms with Gasteiger partial charge in [0.15, 0.2) is 6.61 Å². The molecule has 1 aromatic carbocycles. The van der Waals surface area contributed by atoms with E-state index in [1.807, 2.05) is 0 Å². The Kier molecular flexibility index (Phi) is 7.58. The van der Waals surface area contributed by atoms with Crippen molar-refractivity contribution in [3.05, 3.63) is 41.9 Å². The van der Waals surface area contributed by atoms with Crippen molar-refractivity contribution in [2.24, 2.45) is 0 Å². The molecule has 0 spiro atoms. The molecule has 168 valence electrons. The van der Waals surface area contributed by atoms with E-state index in [1.54, 1.807) is 5.32 Å². The summed E-state index contributed by atoms with van der Waals surface area (Å²) in [7, 11) is 0. The summed E-state index contributed by atoms with van der Waals surface area (Å²) in [5.74, 6) is -6.83. The highest BCUT2D eigenvalue weighted by molar-refractivity contribution is 6.21. The number of ether oxygens (including phenoxy) is 2. The fourth-order valence-electron chi connectivity index (χ4n) is 1.70. The summed E-state index contributed by atoms with van der Waals surface area (Å²) in [6, 6.07) is 6.33. The average Bonchev–Trinajstić information content (AvgIpc) is 2.56. The van der Waals surface area contributed by atoms with E-state index < -0.39 is 54.6 Å². The fraction of sp³-hybridized carbons (Fsp3) is 0.333. The standard InChI is InChI=1S/C15H10F9NO5/c16-13(17,18)6-29-10(27)8(9(26)25-7-4-2-1-3-5-7)11(28)30-12(14(19,20)21)15(22,23)24/h1-5,12,27H,6H2,(H,25,26)/b10-8+. The Morgan fingerprint density at radius 2 is 1.43 bits per heavy atom. The first kappa shape index (κ1) is 24.9. The van der Waals surface area contributed by atoms with Crippen LogP contribution in [0.2, 0.25) is 0 Å². The Hall–Kier alpha value is -3.13. The molecule has 0 unspecified atom stereocenters. The number of aliphatic hydroxyl groups excluding tert-OH is 1. The molecular weight excluding hydrogens is 445 g/mol. The number of rotatable bonds is 6. The third-order valence-electron chi connectivity index (χ3n) is 2.87. The van der Waals surface area contributed by atoms with E-state index in [-0.39, 0.29) is 5.69 Å². The van der Waals surface area contributed by atoms with Gasteiger partial charge in [-0.05, 0) is 12.1 Å². The molecule has 0 atom stereocenters. The number of carbonyl (C=O) groups excluding carboxylic acids is 2. The number of para-hydroxylation sites is 1. The summed E-state index contributed by atoms with van der Waals surface area (Å²) < 4.78 is 119. The maximum absolute atomic E-state index is 12.5. The number of amides is 1. The first-order chi connectivity index (χ1) is 13.5. The Labute approximate surface area is 160 Å². The second kappa shape index (κ2) is 9.13. The Morgan fingerprint density at radius 3 is 1.87 bits per heavy atom. The number of nitrogens with one attached hydrogen (secondary N) is 1. The molecule has 1 aromatic rings. The third kappa shape index (κ3) is 7.71. The number of anilines is 1. The number of carbonyl (C=O) groups is 2. The van der Waals surface area contributed by atoms with Crippen LogP contribution in [-0.2, 0) is 19.1 Å². The van der Waals surface area contributed by atoms with Crippen molar-refractivity contribution in [1.82, 2.24) is 0 Å². The van der Waals surface area contributed by atoms with Gasteiger partial charge in [-0.1, -0.05) is 18.2 Å². The average molecular weight is 455 g/mol. The maximum atomic E-state index is 12.5. The third-order valence-corrected chi connectivity index (χ3v) is 2.87. The number of hydrogen-bond donors (Lipinski definition) is 2. The Balaban J connectivity index is 3.27. The second-order valence-electron chi connectivity index (χ2n) is 5.27. The van der Waals surface area contributed by atoms with Gasteiger partial charge in [0.2, 0.25) is 5.57 Å². The van der Waals surface area contributed by atoms with Crippen LogP contribution in [0.15, 0.2) is 41.9 Å². The number of benzene rings is 1. The minimum Gasteiger partial charge on any atom is -0.480 e. The summed E-state index contributed by atoms with van der Waals surface area (Å²) in [6.07, 6.45) is -22.2. The lowest BCUT2D eigenvalue weighted by Gasteiger charge is -2.23. The predicted octanol–water partition coefficient (Wildman–Crippen LogP) is 4.01. The molecule has 0 radical (unpaired) electrons. The van der Waals surface area contributed by atoms with E-state index >= 15 is 0 Å². The molecule has 0 saturated heterocycles. The molecule has 2 N–H and O–H groups in total. The SMILES string of the molecule is O=C(Nc1ccccc1)/C(C(=O)OC(C(F)(F)F)C(F)(F)F)=C(/O)OCC(F)(F)F. The van der Waals surface area contributed by atoms with Gasteiger partial charge in [0, 0.05) is 5.69 Å². The van der Waals surface area contributed by atoms with Crippen molar-refractivity contribution in [1.29, 1.82) is 0 Å². The molecule has 1 amide bonds. The van der Waals surface area contributed by atoms with Crippen LogP contribution in [0.25, 0.3) is 0 Å². The Morgan fingerprint density at radius 1 is 0.933 bits per heavy atom. The zero-order chi connectivity index (χ0) is 23.3. The van der Waals surface area contributed by atoms with Crippen molar-refractivity contribution in [3.8, 4) is 0 Å². The molecule has 0 aromatic heterocycles. The lowest BCUT2D eigenvalue weighted by molar-refractivity contribution is -0.312. The molecule has 0 fully saturated rings. The number of alkyl halides is 9. The van der Waals surface area contributed by atoms with Crippen LogP contribution in [0, 0.1) is 0 Å². The Bertz CT molecular complexity index is 770. The minimum atomic E-state index is -6.18. The molecular formula is C15H10F9NO5. The van der Waals surface area contributed by atoms with Crippen LogP contribution < -0.4 is 5.32 Å². The van der Waals surface area contributed by atoms with E-state index in [0.717, 1.165) is 12.1 Å². The van der Waals surface area contributed by atoms with Crippen molar-refractivity contribution in [2.45, 2.75) is 24.6 Å². The normalized spacial score (nSPS) is 13.5. The van der Waals surface area contributed by atoms with Gasteiger partial charge in [-0.15, -0.1) is 0 Å². The second-order valence-corrected chi connectivity index (χ2v) is 5.27. The number of esters is 1. The predicted molar refractivity (Wildman–Crippen MR) is 78.7 cm³/mol. The van der Waals surface area contributed by atoms with Crippen LogP contribution in [-0.4, -0.2) is 48.2 Å². The molecule has 30 heavy (non-hydrogen) atoms. The maximum Gasteiger partial charge on any atom is 0.434 e. The fourth-order valence-corrected chi connectivity index (χ4v) is 1.70. The van der Waals surface area contributed by atoms with Gasteiger partial charge in [0.25, 0.3) is 18.0 Å². The molecule has 15 heteroatoms. The van der Waals surface area contributed by atoms with Crippen molar-refractivity contribution in [2.75, 3.05) is 11.9 Å². The summed E-state index contributed by atoms with van der Waals surface area (Å²) in [5, 5.41) is 11.2. The highest BCUT2D eigenvalue weighted by Crippen LogP contribution is 2.36. The van der Waals surface area contributed by atoms with E-state index in [1.165, 1.54) is 18.2 Å². The smallest absolute Gasteiger partial charge is 0.434 e. The number of halogens is 9. The van der Waals surface area contributed by atoms with Gasteiger partial charge in [0.05, 0.1) is 0 Å².